The van der Waals surface area contributed by atoms with Crippen molar-refractivity contribution in [3.63, 3.8) is 0 Å². The van der Waals surface area contributed by atoms with Gasteiger partial charge in [-0.3, -0.25) is 4.68 Å². The van der Waals surface area contributed by atoms with Gasteiger partial charge in [-0.1, -0.05) is 17.2 Å². The molecule has 24 heavy (non-hydrogen) atoms. The van der Waals surface area contributed by atoms with E-state index in [0.717, 1.165) is 0 Å². The molecule has 1 aromatic rings. The van der Waals surface area contributed by atoms with Crippen LogP contribution in [-0.4, -0.2) is 24.4 Å². The zero-order chi connectivity index (χ0) is 19.1. The molecule has 1 rings (SSSR count). The Kier molecular flexibility index (Phi) is 5.24. The first-order valence-electron chi connectivity index (χ1n) is 6.12. The molecule has 140 valence electrons. The van der Waals surface area contributed by atoms with Crippen molar-refractivity contribution in [3.8, 4) is 0 Å². The third-order valence-corrected chi connectivity index (χ3v) is 3.67. The van der Waals surface area contributed by atoms with Crippen molar-refractivity contribution < 1.29 is 47.4 Å². The van der Waals surface area contributed by atoms with Gasteiger partial charge in [0.1, 0.15) is 5.56 Å². The second-order valence-electron chi connectivity index (χ2n) is 4.61. The summed E-state index contributed by atoms with van der Waals surface area (Å²) in [4.78, 5) is 0. The molecule has 1 heterocycles. The topological polar surface area (TPSA) is 52.0 Å². The number of hydrogen-bond donors (Lipinski definition) is 0. The summed E-state index contributed by atoms with van der Waals surface area (Å²) < 4.78 is 137. The highest BCUT2D eigenvalue weighted by Crippen LogP contribution is 2.49. The minimum Gasteiger partial charge on any atom is -0.251 e. The summed E-state index contributed by atoms with van der Waals surface area (Å²) in [6.45, 7) is 0.662. The van der Waals surface area contributed by atoms with Gasteiger partial charge in [-0.2, -0.15) is 48.6 Å². The molecule has 0 aromatic carbocycles. The standard InChI is InChI=1S/C10H9F9N2O2S/c1-2-3-4-21-7(24(19,22)23)5(9(13,14)15)6(20-21)8(11,12)10(16,17)18/h2-4H2,1H3. The maximum absolute atomic E-state index is 13.3. The first-order chi connectivity index (χ1) is 10.5. The van der Waals surface area contributed by atoms with Crippen molar-refractivity contribution in [2.24, 2.45) is 0 Å². The van der Waals surface area contributed by atoms with E-state index in [4.69, 9.17) is 0 Å². The molecule has 0 atom stereocenters. The van der Waals surface area contributed by atoms with Crippen molar-refractivity contribution in [2.75, 3.05) is 0 Å². The molecule has 1 aromatic heterocycles. The summed E-state index contributed by atoms with van der Waals surface area (Å²) in [6.07, 6.45) is -12.5. The molecule has 0 fully saturated rings. The van der Waals surface area contributed by atoms with Gasteiger partial charge in [0.2, 0.25) is 0 Å². The molecule has 0 amide bonds. The van der Waals surface area contributed by atoms with Crippen LogP contribution >= 0.6 is 0 Å². The molecule has 4 nitrogen and oxygen atoms in total. The Morgan fingerprint density at radius 3 is 1.88 bits per heavy atom. The van der Waals surface area contributed by atoms with Gasteiger partial charge in [0, 0.05) is 6.54 Å². The van der Waals surface area contributed by atoms with Gasteiger partial charge < -0.3 is 0 Å². The molecule has 0 N–H and O–H groups in total. The minimum absolute atomic E-state index is 0.140. The second-order valence-corrected chi connectivity index (χ2v) is 5.88. The van der Waals surface area contributed by atoms with Crippen LogP contribution < -0.4 is 0 Å². The highest BCUT2D eigenvalue weighted by molar-refractivity contribution is 7.86. The summed E-state index contributed by atoms with van der Waals surface area (Å²) in [5.41, 5.74) is -5.88. The van der Waals surface area contributed by atoms with E-state index in [0.29, 0.717) is 0 Å². The third kappa shape index (κ3) is 3.78. The predicted molar refractivity (Wildman–Crippen MR) is 60.4 cm³/mol. The molecule has 0 saturated carbocycles. The van der Waals surface area contributed by atoms with Crippen molar-refractivity contribution in [1.29, 1.82) is 0 Å². The van der Waals surface area contributed by atoms with E-state index < -0.39 is 51.3 Å². The van der Waals surface area contributed by atoms with Crippen LogP contribution in [-0.2, 0) is 28.9 Å². The third-order valence-electron chi connectivity index (χ3n) is 2.80. The Bertz CT molecular complexity index is 703. The summed E-state index contributed by atoms with van der Waals surface area (Å²) in [7, 11) is -6.28. The van der Waals surface area contributed by atoms with Crippen LogP contribution in [0.5, 0.6) is 0 Å². The van der Waals surface area contributed by atoms with E-state index in [9.17, 15) is 47.4 Å². The van der Waals surface area contributed by atoms with Crippen LogP contribution in [0.15, 0.2) is 5.03 Å². The van der Waals surface area contributed by atoms with Gasteiger partial charge in [0.05, 0.1) is 0 Å². The van der Waals surface area contributed by atoms with Gasteiger partial charge in [0.25, 0.3) is 0 Å². The number of alkyl halides is 8. The molecule has 0 spiro atoms. The lowest BCUT2D eigenvalue weighted by molar-refractivity contribution is -0.292. The van der Waals surface area contributed by atoms with E-state index in [2.05, 4.69) is 5.10 Å². The Morgan fingerprint density at radius 2 is 1.54 bits per heavy atom. The van der Waals surface area contributed by atoms with Gasteiger partial charge in [0.15, 0.2) is 10.7 Å². The smallest absolute Gasteiger partial charge is 0.251 e. The zero-order valence-corrected chi connectivity index (χ0v) is 12.5. The van der Waals surface area contributed by atoms with Gasteiger partial charge in [-0.15, -0.1) is 0 Å². The Morgan fingerprint density at radius 1 is 1.04 bits per heavy atom. The molecule has 0 aliphatic heterocycles. The van der Waals surface area contributed by atoms with Gasteiger partial charge in [-0.05, 0) is 6.42 Å². The van der Waals surface area contributed by atoms with Crippen LogP contribution in [0.25, 0.3) is 0 Å². The summed E-state index contributed by atoms with van der Waals surface area (Å²) in [5, 5.41) is 0.0534. The number of rotatable bonds is 5. The summed E-state index contributed by atoms with van der Waals surface area (Å²) in [6, 6.07) is 0. The van der Waals surface area contributed by atoms with Crippen LogP contribution in [0.2, 0.25) is 0 Å². The SMILES string of the molecule is CCCCn1nc(C(F)(F)C(F)(F)F)c(C(F)(F)F)c1S(=O)(=O)F. The Balaban J connectivity index is 3.88. The van der Waals surface area contributed by atoms with E-state index in [1.165, 1.54) is 6.92 Å². The first kappa shape index (κ1) is 20.6. The van der Waals surface area contributed by atoms with Crippen LogP contribution in [0, 0.1) is 0 Å². The fraction of sp³-hybridized carbons (Fsp3) is 0.700. The van der Waals surface area contributed by atoms with Crippen molar-refractivity contribution in [1.82, 2.24) is 9.78 Å². The molecule has 14 heteroatoms. The number of halogens is 9. The first-order valence-corrected chi connectivity index (χ1v) is 7.51. The lowest BCUT2D eigenvalue weighted by atomic mass is 10.1. The lowest BCUT2D eigenvalue weighted by Crippen LogP contribution is -2.36. The number of nitrogens with zero attached hydrogens (tertiary/aromatic N) is 2. The number of unbranched alkanes of at least 4 members (excludes halogenated alkanes) is 1. The van der Waals surface area contributed by atoms with Gasteiger partial charge >= 0.3 is 28.5 Å². The maximum Gasteiger partial charge on any atom is 0.459 e. The fourth-order valence-corrected chi connectivity index (χ4v) is 2.60. The van der Waals surface area contributed by atoms with E-state index in [1.807, 2.05) is 0 Å². The predicted octanol–water partition coefficient (Wildman–Crippen LogP) is 4.01. The Labute approximate surface area is 129 Å². The molecular weight excluding hydrogens is 383 g/mol. The quantitative estimate of drug-likeness (QED) is 0.562. The van der Waals surface area contributed by atoms with E-state index in [-0.39, 0.29) is 17.5 Å². The largest absolute Gasteiger partial charge is 0.459 e. The van der Waals surface area contributed by atoms with E-state index in [1.54, 1.807) is 0 Å². The number of aryl methyl sites for hydroxylation is 1. The molecule has 0 aliphatic carbocycles. The van der Waals surface area contributed by atoms with Crippen LogP contribution in [0.4, 0.5) is 39.0 Å². The molecule has 0 aliphatic rings. The number of aromatic nitrogens is 2. The fourth-order valence-electron chi connectivity index (χ4n) is 1.76. The van der Waals surface area contributed by atoms with Crippen molar-refractivity contribution >= 4 is 10.2 Å². The average molecular weight is 392 g/mol. The van der Waals surface area contributed by atoms with Crippen LogP contribution in [0.3, 0.4) is 0 Å². The zero-order valence-electron chi connectivity index (χ0n) is 11.6. The highest BCUT2D eigenvalue weighted by Gasteiger charge is 2.64. The average Bonchev–Trinajstić information content (AvgIpc) is 2.74. The molecular formula is C10H9F9N2O2S. The molecule has 0 unspecified atom stereocenters. The molecule has 0 bridgehead atoms. The Hall–Kier alpha value is -1.47. The monoisotopic (exact) mass is 392 g/mol. The van der Waals surface area contributed by atoms with Crippen molar-refractivity contribution in [3.05, 3.63) is 11.3 Å². The minimum atomic E-state index is -6.49. The highest BCUT2D eigenvalue weighted by atomic mass is 32.3. The lowest BCUT2D eigenvalue weighted by Gasteiger charge is -2.19. The molecule has 0 saturated heterocycles. The summed E-state index contributed by atoms with van der Waals surface area (Å²) in [5.74, 6) is -6.13. The van der Waals surface area contributed by atoms with Crippen LogP contribution in [0.1, 0.15) is 31.0 Å². The van der Waals surface area contributed by atoms with Gasteiger partial charge in [-0.25, -0.2) is 0 Å². The van der Waals surface area contributed by atoms with Crippen molar-refractivity contribution in [2.45, 2.75) is 49.6 Å². The second kappa shape index (κ2) is 6.11. The number of hydrogen-bond acceptors (Lipinski definition) is 3. The normalized spacial score (nSPS) is 14.2. The summed E-state index contributed by atoms with van der Waals surface area (Å²) >= 11 is 0. The van der Waals surface area contributed by atoms with E-state index >= 15 is 0 Å². The maximum atomic E-state index is 13.3. The molecule has 0 radical (unpaired) electrons.